The second-order valence-electron chi connectivity index (χ2n) is 4.30. The van der Waals surface area contributed by atoms with E-state index in [-0.39, 0.29) is 12.4 Å². The van der Waals surface area contributed by atoms with Gasteiger partial charge in [-0.3, -0.25) is 0 Å². The van der Waals surface area contributed by atoms with Gasteiger partial charge < -0.3 is 9.88 Å². The molecule has 0 saturated carbocycles. The molecule has 0 aliphatic carbocycles. The molecule has 0 atom stereocenters. The molecular formula is C11H17ClNOP. The Bertz CT molecular complexity index is 384. The summed E-state index contributed by atoms with van der Waals surface area (Å²) in [6.45, 7) is 5.76. The van der Waals surface area contributed by atoms with Gasteiger partial charge in [0.1, 0.15) is 7.14 Å². The molecule has 1 N–H and O–H groups in total. The average Bonchev–Trinajstić information content (AvgIpc) is 2.00. The first-order valence-corrected chi connectivity index (χ1v) is 7.54. The van der Waals surface area contributed by atoms with Crippen molar-refractivity contribution < 1.29 is 4.57 Å². The summed E-state index contributed by atoms with van der Waals surface area (Å²) in [6.07, 6.45) is 0. The highest BCUT2D eigenvalue weighted by Gasteiger charge is 2.20. The largest absolute Gasteiger partial charge is 0.319 e. The lowest BCUT2D eigenvalue weighted by Gasteiger charge is -2.28. The topological polar surface area (TPSA) is 29.1 Å². The molecule has 0 amide bonds. The highest BCUT2D eigenvalue weighted by molar-refractivity contribution is 7.70. The molecular weight excluding hydrogens is 229 g/mol. The van der Waals surface area contributed by atoms with Gasteiger partial charge in [0, 0.05) is 24.3 Å². The maximum absolute atomic E-state index is 11.9. The summed E-state index contributed by atoms with van der Waals surface area (Å²) in [5, 5.41) is 4.25. The van der Waals surface area contributed by atoms with E-state index in [1.807, 2.05) is 25.5 Å². The maximum Gasteiger partial charge on any atom is 0.109 e. The fraction of sp³-hybridized carbons (Fsp3) is 0.455. The second kappa shape index (κ2) is 4.69. The predicted molar refractivity (Wildman–Crippen MR) is 68.4 cm³/mol. The zero-order valence-electron chi connectivity index (χ0n) is 9.06. The molecule has 1 heterocycles. The van der Waals surface area contributed by atoms with Crippen LogP contribution in [0.2, 0.25) is 0 Å². The molecule has 4 heteroatoms. The summed E-state index contributed by atoms with van der Waals surface area (Å²) in [5.74, 6) is 0.626. The molecule has 1 aromatic rings. The normalized spacial score (nSPS) is 16.7. The predicted octanol–water partition coefficient (Wildman–Crippen LogP) is 2.04. The van der Waals surface area contributed by atoms with Gasteiger partial charge in [0.25, 0.3) is 0 Å². The van der Waals surface area contributed by atoms with Crippen LogP contribution in [0, 0.1) is 0 Å². The van der Waals surface area contributed by atoms with Crippen LogP contribution < -0.4 is 10.6 Å². The van der Waals surface area contributed by atoms with Gasteiger partial charge >= 0.3 is 0 Å². The second-order valence-corrected chi connectivity index (χ2v) is 7.52. The van der Waals surface area contributed by atoms with Crippen LogP contribution in [0.3, 0.4) is 0 Å². The van der Waals surface area contributed by atoms with E-state index in [2.05, 4.69) is 17.4 Å². The summed E-state index contributed by atoms with van der Waals surface area (Å²) < 4.78 is 11.9. The lowest BCUT2D eigenvalue weighted by molar-refractivity contribution is 0.448. The van der Waals surface area contributed by atoms with E-state index < -0.39 is 7.14 Å². The van der Waals surface area contributed by atoms with E-state index in [4.69, 9.17) is 0 Å². The Morgan fingerprint density at radius 1 is 1.33 bits per heavy atom. The average molecular weight is 246 g/mol. The van der Waals surface area contributed by atoms with Gasteiger partial charge in [0.05, 0.1) is 0 Å². The van der Waals surface area contributed by atoms with Crippen LogP contribution >= 0.6 is 19.5 Å². The minimum atomic E-state index is -2.09. The number of nitrogens with one attached hydrogen (secondary N) is 1. The van der Waals surface area contributed by atoms with Crippen molar-refractivity contribution in [2.45, 2.75) is 5.92 Å². The SMILES string of the molecule is CP(C)(=O)c1cccc(C2CNC2)c1.Cl. The molecule has 1 aromatic carbocycles. The Hall–Kier alpha value is -0.300. The highest BCUT2D eigenvalue weighted by Crippen LogP contribution is 2.35. The van der Waals surface area contributed by atoms with Crippen LogP contribution in [-0.2, 0) is 4.57 Å². The lowest BCUT2D eigenvalue weighted by Crippen LogP contribution is -2.40. The van der Waals surface area contributed by atoms with Gasteiger partial charge in [-0.1, -0.05) is 18.2 Å². The molecule has 1 fully saturated rings. The van der Waals surface area contributed by atoms with Crippen molar-refractivity contribution >= 4 is 24.9 Å². The van der Waals surface area contributed by atoms with Crippen LogP contribution in [0.25, 0.3) is 0 Å². The molecule has 0 unspecified atom stereocenters. The van der Waals surface area contributed by atoms with Crippen molar-refractivity contribution in [3.63, 3.8) is 0 Å². The van der Waals surface area contributed by atoms with Crippen molar-refractivity contribution in [3.8, 4) is 0 Å². The van der Waals surface area contributed by atoms with Crippen LogP contribution in [0.5, 0.6) is 0 Å². The molecule has 0 bridgehead atoms. The van der Waals surface area contributed by atoms with Crippen LogP contribution in [0.15, 0.2) is 24.3 Å². The quantitative estimate of drug-likeness (QED) is 0.808. The first kappa shape index (κ1) is 12.8. The third-order valence-electron chi connectivity index (χ3n) is 2.74. The van der Waals surface area contributed by atoms with E-state index in [1.165, 1.54) is 5.56 Å². The van der Waals surface area contributed by atoms with Gasteiger partial charge in [-0.05, 0) is 25.0 Å². The van der Waals surface area contributed by atoms with Crippen molar-refractivity contribution in [2.24, 2.45) is 0 Å². The van der Waals surface area contributed by atoms with Gasteiger partial charge in [-0.15, -0.1) is 12.4 Å². The molecule has 2 nitrogen and oxygen atoms in total. The summed E-state index contributed by atoms with van der Waals surface area (Å²) in [6, 6.07) is 8.22. The number of benzene rings is 1. The zero-order chi connectivity index (χ0) is 10.2. The summed E-state index contributed by atoms with van der Waals surface area (Å²) in [5.41, 5.74) is 1.32. The Labute approximate surface area is 97.2 Å². The Morgan fingerprint density at radius 3 is 2.47 bits per heavy atom. The van der Waals surface area contributed by atoms with Gasteiger partial charge in [0.15, 0.2) is 0 Å². The summed E-state index contributed by atoms with van der Waals surface area (Å²) in [4.78, 5) is 0. The van der Waals surface area contributed by atoms with Crippen LogP contribution in [0.1, 0.15) is 11.5 Å². The van der Waals surface area contributed by atoms with Crippen molar-refractivity contribution in [1.82, 2.24) is 5.32 Å². The van der Waals surface area contributed by atoms with E-state index in [1.54, 1.807) is 0 Å². The molecule has 0 spiro atoms. The summed E-state index contributed by atoms with van der Waals surface area (Å²) >= 11 is 0. The maximum atomic E-state index is 11.9. The smallest absolute Gasteiger partial charge is 0.109 e. The van der Waals surface area contributed by atoms with E-state index >= 15 is 0 Å². The lowest BCUT2D eigenvalue weighted by atomic mass is 9.94. The molecule has 1 saturated heterocycles. The number of halogens is 1. The first-order chi connectivity index (χ1) is 6.57. The molecule has 1 aliphatic rings. The minimum absolute atomic E-state index is 0. The van der Waals surface area contributed by atoms with Gasteiger partial charge in [0.2, 0.25) is 0 Å². The molecule has 2 rings (SSSR count). The van der Waals surface area contributed by atoms with Gasteiger partial charge in [-0.2, -0.15) is 0 Å². The molecule has 0 aromatic heterocycles. The first-order valence-electron chi connectivity index (χ1n) is 4.93. The van der Waals surface area contributed by atoms with Crippen LogP contribution in [-0.4, -0.2) is 26.4 Å². The van der Waals surface area contributed by atoms with E-state index in [9.17, 15) is 4.57 Å². The fourth-order valence-corrected chi connectivity index (χ4v) is 2.54. The Balaban J connectivity index is 0.00000112. The Kier molecular flexibility index (Phi) is 3.99. The fourth-order valence-electron chi connectivity index (χ4n) is 1.64. The van der Waals surface area contributed by atoms with Crippen molar-refractivity contribution in [3.05, 3.63) is 29.8 Å². The van der Waals surface area contributed by atoms with Crippen LogP contribution in [0.4, 0.5) is 0 Å². The highest BCUT2D eigenvalue weighted by atomic mass is 35.5. The standard InChI is InChI=1S/C11H16NOP.ClH/c1-14(2,13)11-5-3-4-9(6-11)10-7-12-8-10;/h3-6,10,12H,7-8H2,1-2H3;1H. The third kappa shape index (κ3) is 2.84. The van der Waals surface area contributed by atoms with Gasteiger partial charge in [-0.25, -0.2) is 0 Å². The number of hydrogen-bond donors (Lipinski definition) is 1. The van der Waals surface area contributed by atoms with E-state index in [0.29, 0.717) is 5.92 Å². The molecule has 15 heavy (non-hydrogen) atoms. The van der Waals surface area contributed by atoms with E-state index in [0.717, 1.165) is 18.4 Å². The van der Waals surface area contributed by atoms with Crippen molar-refractivity contribution in [2.75, 3.05) is 26.4 Å². The minimum Gasteiger partial charge on any atom is -0.319 e. The Morgan fingerprint density at radius 2 is 2.00 bits per heavy atom. The third-order valence-corrected chi connectivity index (χ3v) is 4.27. The number of hydrogen-bond acceptors (Lipinski definition) is 2. The monoisotopic (exact) mass is 245 g/mol. The molecule has 1 aliphatic heterocycles. The zero-order valence-corrected chi connectivity index (χ0v) is 10.8. The van der Waals surface area contributed by atoms with Crippen molar-refractivity contribution in [1.29, 1.82) is 0 Å². The number of rotatable bonds is 2. The summed E-state index contributed by atoms with van der Waals surface area (Å²) in [7, 11) is -2.09. The molecule has 0 radical (unpaired) electrons. The molecule has 84 valence electrons.